The Morgan fingerprint density at radius 1 is 1.39 bits per heavy atom. The summed E-state index contributed by atoms with van der Waals surface area (Å²) >= 11 is 1.86. The summed E-state index contributed by atoms with van der Waals surface area (Å²) in [5.74, 6) is 0.0514. The molecule has 104 valence electrons. The molecule has 1 aliphatic carbocycles. The summed E-state index contributed by atoms with van der Waals surface area (Å²) in [4.78, 5) is 22.6. The first-order chi connectivity index (χ1) is 8.58. The number of amides is 2. The van der Waals surface area contributed by atoms with Crippen molar-refractivity contribution in [3.63, 3.8) is 0 Å². The molecule has 5 nitrogen and oxygen atoms in total. The largest absolute Gasteiger partial charge is 0.480 e. The molecule has 1 saturated carbocycles. The van der Waals surface area contributed by atoms with E-state index in [0.29, 0.717) is 11.7 Å². The van der Waals surface area contributed by atoms with Crippen LogP contribution in [-0.2, 0) is 4.79 Å². The van der Waals surface area contributed by atoms with Crippen LogP contribution in [0.2, 0.25) is 0 Å². The normalized spacial score (nSPS) is 24.6. The van der Waals surface area contributed by atoms with E-state index in [4.69, 9.17) is 5.11 Å². The maximum atomic E-state index is 11.7. The van der Waals surface area contributed by atoms with Crippen molar-refractivity contribution in [2.24, 2.45) is 0 Å². The Bertz CT molecular complexity index is 299. The molecule has 2 amide bonds. The van der Waals surface area contributed by atoms with Crippen LogP contribution in [0.5, 0.6) is 0 Å². The summed E-state index contributed by atoms with van der Waals surface area (Å²) < 4.78 is 0. The van der Waals surface area contributed by atoms with Crippen LogP contribution in [0.4, 0.5) is 4.79 Å². The number of carbonyl (C=O) groups excluding carboxylic acids is 1. The van der Waals surface area contributed by atoms with Crippen molar-refractivity contribution in [1.82, 2.24) is 10.6 Å². The standard InChI is InChI=1S/C12H22N2O3S/c1-3-8(11(15)16)13-12(17)14-9-6-5-7-10(9)18-4-2/h8-10H,3-7H2,1-2H3,(H,15,16)(H2,13,14,17)/t8-,9?,10?/m0/s1. The number of hydrogen-bond donors (Lipinski definition) is 3. The molecule has 6 heteroatoms. The lowest BCUT2D eigenvalue weighted by Gasteiger charge is -2.21. The molecule has 18 heavy (non-hydrogen) atoms. The molecule has 3 N–H and O–H groups in total. The Morgan fingerprint density at radius 3 is 2.67 bits per heavy atom. The molecular formula is C12H22N2O3S. The molecule has 3 atom stereocenters. The Morgan fingerprint density at radius 2 is 2.11 bits per heavy atom. The van der Waals surface area contributed by atoms with Crippen LogP contribution in [0.15, 0.2) is 0 Å². The van der Waals surface area contributed by atoms with Crippen LogP contribution in [0.1, 0.15) is 39.5 Å². The molecule has 1 rings (SSSR count). The van der Waals surface area contributed by atoms with Crippen LogP contribution < -0.4 is 10.6 Å². The highest BCUT2D eigenvalue weighted by Crippen LogP contribution is 2.29. The third-order valence-corrected chi connectivity index (χ3v) is 4.49. The van der Waals surface area contributed by atoms with E-state index in [1.807, 2.05) is 11.8 Å². The van der Waals surface area contributed by atoms with Gasteiger partial charge < -0.3 is 15.7 Å². The smallest absolute Gasteiger partial charge is 0.326 e. The Balaban J connectivity index is 2.41. The molecule has 2 unspecified atom stereocenters. The van der Waals surface area contributed by atoms with Gasteiger partial charge in [-0.3, -0.25) is 0 Å². The minimum absolute atomic E-state index is 0.168. The third-order valence-electron chi connectivity index (χ3n) is 3.16. The Kier molecular flexibility index (Phi) is 6.32. The van der Waals surface area contributed by atoms with Gasteiger partial charge in [-0.2, -0.15) is 11.8 Å². The van der Waals surface area contributed by atoms with Crippen molar-refractivity contribution in [3.05, 3.63) is 0 Å². The van der Waals surface area contributed by atoms with Crippen molar-refractivity contribution < 1.29 is 14.7 Å². The van der Waals surface area contributed by atoms with Crippen LogP contribution in [-0.4, -0.2) is 40.2 Å². The topological polar surface area (TPSA) is 78.4 Å². The zero-order chi connectivity index (χ0) is 13.5. The molecule has 1 aliphatic rings. The number of aliphatic carboxylic acids is 1. The van der Waals surface area contributed by atoms with Gasteiger partial charge in [-0.1, -0.05) is 20.3 Å². The maximum Gasteiger partial charge on any atom is 0.326 e. The first-order valence-corrected chi connectivity index (χ1v) is 7.54. The zero-order valence-corrected chi connectivity index (χ0v) is 11.8. The molecule has 0 radical (unpaired) electrons. The number of carboxylic acids is 1. The second-order valence-corrected chi connectivity index (χ2v) is 5.96. The Hall–Kier alpha value is -0.910. The first-order valence-electron chi connectivity index (χ1n) is 6.49. The highest BCUT2D eigenvalue weighted by atomic mass is 32.2. The molecular weight excluding hydrogens is 252 g/mol. The van der Waals surface area contributed by atoms with Crippen LogP contribution >= 0.6 is 11.8 Å². The van der Waals surface area contributed by atoms with E-state index in [2.05, 4.69) is 17.6 Å². The summed E-state index contributed by atoms with van der Waals surface area (Å²) in [7, 11) is 0. The van der Waals surface area contributed by atoms with Crippen molar-refractivity contribution in [3.8, 4) is 0 Å². The average Bonchev–Trinajstić information content (AvgIpc) is 2.73. The summed E-state index contributed by atoms with van der Waals surface area (Å²) in [6.07, 6.45) is 3.62. The van der Waals surface area contributed by atoms with E-state index in [1.54, 1.807) is 6.92 Å². The number of carbonyl (C=O) groups is 2. The van der Waals surface area contributed by atoms with E-state index in [0.717, 1.165) is 25.0 Å². The highest BCUT2D eigenvalue weighted by Gasteiger charge is 2.29. The van der Waals surface area contributed by atoms with Crippen molar-refractivity contribution in [2.45, 2.75) is 56.9 Å². The van der Waals surface area contributed by atoms with E-state index in [1.165, 1.54) is 0 Å². The third kappa shape index (κ3) is 4.40. The number of urea groups is 1. The van der Waals surface area contributed by atoms with Crippen LogP contribution in [0, 0.1) is 0 Å². The van der Waals surface area contributed by atoms with Crippen LogP contribution in [0.3, 0.4) is 0 Å². The van der Waals surface area contributed by atoms with Gasteiger partial charge in [-0.25, -0.2) is 9.59 Å². The molecule has 0 aromatic carbocycles. The van der Waals surface area contributed by atoms with Gasteiger partial charge in [-0.05, 0) is 25.0 Å². The minimum Gasteiger partial charge on any atom is -0.480 e. The number of rotatable bonds is 6. The fourth-order valence-electron chi connectivity index (χ4n) is 2.21. The number of thioether (sulfide) groups is 1. The monoisotopic (exact) mass is 274 g/mol. The number of hydrogen-bond acceptors (Lipinski definition) is 3. The first kappa shape index (κ1) is 15.1. The summed E-state index contributed by atoms with van der Waals surface area (Å²) in [6, 6.07) is -0.997. The molecule has 0 heterocycles. The molecule has 0 aromatic heterocycles. The van der Waals surface area contributed by atoms with Crippen LogP contribution in [0.25, 0.3) is 0 Å². The highest BCUT2D eigenvalue weighted by molar-refractivity contribution is 7.99. The summed E-state index contributed by atoms with van der Waals surface area (Å²) in [5.41, 5.74) is 0. The van der Waals surface area contributed by atoms with Gasteiger partial charge in [0.25, 0.3) is 0 Å². The van der Waals surface area contributed by atoms with Crippen molar-refractivity contribution in [2.75, 3.05) is 5.75 Å². The van der Waals surface area contributed by atoms with Crippen molar-refractivity contribution in [1.29, 1.82) is 0 Å². The lowest BCUT2D eigenvalue weighted by Crippen LogP contribution is -2.50. The molecule has 0 bridgehead atoms. The van der Waals surface area contributed by atoms with Gasteiger partial charge in [0.1, 0.15) is 6.04 Å². The predicted molar refractivity (Wildman–Crippen MR) is 72.9 cm³/mol. The van der Waals surface area contributed by atoms with E-state index >= 15 is 0 Å². The molecule has 0 spiro atoms. The van der Waals surface area contributed by atoms with Crippen molar-refractivity contribution >= 4 is 23.8 Å². The molecule has 0 saturated heterocycles. The second-order valence-electron chi connectivity index (χ2n) is 4.45. The van der Waals surface area contributed by atoms with E-state index < -0.39 is 12.0 Å². The van der Waals surface area contributed by atoms with Gasteiger partial charge >= 0.3 is 12.0 Å². The van der Waals surface area contributed by atoms with Gasteiger partial charge in [0.2, 0.25) is 0 Å². The molecule has 0 aromatic rings. The minimum atomic E-state index is -0.987. The van der Waals surface area contributed by atoms with E-state index in [-0.39, 0.29) is 12.1 Å². The van der Waals surface area contributed by atoms with Gasteiger partial charge in [0.15, 0.2) is 0 Å². The maximum absolute atomic E-state index is 11.7. The van der Waals surface area contributed by atoms with E-state index in [9.17, 15) is 9.59 Å². The molecule has 0 aliphatic heterocycles. The van der Waals surface area contributed by atoms with Gasteiger partial charge in [-0.15, -0.1) is 0 Å². The van der Waals surface area contributed by atoms with Gasteiger partial charge in [0, 0.05) is 11.3 Å². The summed E-state index contributed by atoms with van der Waals surface area (Å²) in [5, 5.41) is 14.7. The number of nitrogens with one attached hydrogen (secondary N) is 2. The quantitative estimate of drug-likeness (QED) is 0.690. The number of carboxylic acid groups (broad SMARTS) is 1. The molecule has 1 fully saturated rings. The lowest BCUT2D eigenvalue weighted by atomic mass is 10.2. The zero-order valence-electron chi connectivity index (χ0n) is 10.9. The Labute approximate surface area is 112 Å². The average molecular weight is 274 g/mol. The fourth-order valence-corrected chi connectivity index (χ4v) is 3.41. The van der Waals surface area contributed by atoms with Gasteiger partial charge in [0.05, 0.1) is 0 Å². The predicted octanol–water partition coefficient (Wildman–Crippen LogP) is 1.82. The SMILES string of the molecule is CCSC1CCCC1NC(=O)N[C@@H](CC)C(=O)O. The second kappa shape index (κ2) is 7.51. The lowest BCUT2D eigenvalue weighted by molar-refractivity contribution is -0.139. The summed E-state index contributed by atoms with van der Waals surface area (Å²) in [6.45, 7) is 3.85. The fraction of sp³-hybridized carbons (Fsp3) is 0.833.